The van der Waals surface area contributed by atoms with Crippen molar-refractivity contribution in [2.24, 2.45) is 0 Å². The van der Waals surface area contributed by atoms with Gasteiger partial charge in [-0.3, -0.25) is 0 Å². The number of carbonyl (C=O) groups is 1. The van der Waals surface area contributed by atoms with Gasteiger partial charge >= 0.3 is 5.97 Å². The lowest BCUT2D eigenvalue weighted by molar-refractivity contribution is 0.0655. The third-order valence-electron chi connectivity index (χ3n) is 2.35. The molecule has 0 aliphatic carbocycles. The third-order valence-corrected chi connectivity index (χ3v) is 2.35. The first-order valence-corrected chi connectivity index (χ1v) is 5.31. The van der Waals surface area contributed by atoms with E-state index in [1.807, 2.05) is 0 Å². The number of carboxylic acid groups (broad SMARTS) is 1. The maximum atomic E-state index is 12.9. The number of aromatic carboxylic acids is 1. The fourth-order valence-corrected chi connectivity index (χ4v) is 1.49. The van der Waals surface area contributed by atoms with Crippen LogP contribution in [0.2, 0.25) is 0 Å². The van der Waals surface area contributed by atoms with Crippen molar-refractivity contribution in [3.63, 3.8) is 0 Å². The van der Waals surface area contributed by atoms with Gasteiger partial charge in [-0.1, -0.05) is 6.07 Å². The van der Waals surface area contributed by atoms with Gasteiger partial charge in [0.1, 0.15) is 17.3 Å². The van der Waals surface area contributed by atoms with Crippen molar-refractivity contribution >= 4 is 5.97 Å². The van der Waals surface area contributed by atoms with E-state index in [2.05, 4.69) is 0 Å². The Kier molecular flexibility index (Phi) is 3.32. The summed E-state index contributed by atoms with van der Waals surface area (Å²) in [5.74, 6) is -0.961. The van der Waals surface area contributed by atoms with Gasteiger partial charge in [-0.2, -0.15) is 0 Å². The largest absolute Gasteiger partial charge is 0.483 e. The molecule has 1 N–H and O–H groups in total. The summed E-state index contributed by atoms with van der Waals surface area (Å²) < 4.78 is 23.5. The van der Waals surface area contributed by atoms with Gasteiger partial charge < -0.3 is 14.3 Å². The summed E-state index contributed by atoms with van der Waals surface area (Å²) in [6.07, 6.45) is -0.500. The molecule has 0 fully saturated rings. The highest BCUT2D eigenvalue weighted by Crippen LogP contribution is 2.23. The number of rotatable bonds is 4. The van der Waals surface area contributed by atoms with E-state index in [-0.39, 0.29) is 5.76 Å². The molecule has 1 atom stereocenters. The predicted molar refractivity (Wildman–Crippen MR) is 61.1 cm³/mol. The van der Waals surface area contributed by atoms with Gasteiger partial charge in [0, 0.05) is 6.07 Å². The van der Waals surface area contributed by atoms with Crippen LogP contribution >= 0.6 is 0 Å². The maximum absolute atomic E-state index is 12.9. The van der Waals surface area contributed by atoms with E-state index in [9.17, 15) is 9.18 Å². The van der Waals surface area contributed by atoms with Crippen molar-refractivity contribution in [1.29, 1.82) is 0 Å². The second-order valence-corrected chi connectivity index (χ2v) is 3.72. The zero-order valence-corrected chi connectivity index (χ0v) is 9.59. The molecule has 94 valence electrons. The fourth-order valence-electron chi connectivity index (χ4n) is 1.49. The van der Waals surface area contributed by atoms with Crippen LogP contribution < -0.4 is 4.74 Å². The average molecular weight is 250 g/mol. The van der Waals surface area contributed by atoms with E-state index in [1.165, 1.54) is 30.3 Å². The topological polar surface area (TPSA) is 59.7 Å². The second kappa shape index (κ2) is 4.91. The summed E-state index contributed by atoms with van der Waals surface area (Å²) >= 11 is 0. The van der Waals surface area contributed by atoms with Crippen LogP contribution in [-0.2, 0) is 0 Å². The Morgan fingerprint density at radius 2 is 2.17 bits per heavy atom. The molecule has 4 nitrogen and oxygen atoms in total. The average Bonchev–Trinajstić information content (AvgIpc) is 2.78. The highest BCUT2D eigenvalue weighted by atomic mass is 19.1. The van der Waals surface area contributed by atoms with Gasteiger partial charge in [0.25, 0.3) is 0 Å². The molecule has 2 aromatic rings. The van der Waals surface area contributed by atoms with E-state index < -0.39 is 17.9 Å². The number of halogens is 1. The molecule has 0 radical (unpaired) electrons. The number of benzene rings is 1. The predicted octanol–water partition coefficient (Wildman–Crippen LogP) is 3.26. The molecule has 5 heteroatoms. The van der Waals surface area contributed by atoms with Crippen LogP contribution in [0.4, 0.5) is 4.39 Å². The summed E-state index contributed by atoms with van der Waals surface area (Å²) in [5.41, 5.74) is 0. The van der Waals surface area contributed by atoms with Gasteiger partial charge in [0.15, 0.2) is 6.10 Å². The number of furan rings is 1. The van der Waals surface area contributed by atoms with Crippen molar-refractivity contribution in [3.05, 3.63) is 53.7 Å². The Labute approximate surface area is 103 Å². The number of carboxylic acids is 1. The Morgan fingerprint density at radius 1 is 1.39 bits per heavy atom. The Morgan fingerprint density at radius 3 is 2.78 bits per heavy atom. The minimum absolute atomic E-state index is 0.153. The minimum Gasteiger partial charge on any atom is -0.483 e. The smallest absolute Gasteiger partial charge is 0.371 e. The molecule has 1 aromatic heterocycles. The van der Waals surface area contributed by atoms with Crippen molar-refractivity contribution in [3.8, 4) is 5.75 Å². The van der Waals surface area contributed by atoms with Crippen LogP contribution in [0.1, 0.15) is 29.3 Å². The molecule has 0 aliphatic heterocycles. The molecular formula is C13H11FO4. The molecule has 18 heavy (non-hydrogen) atoms. The maximum Gasteiger partial charge on any atom is 0.371 e. The molecule has 1 unspecified atom stereocenters. The minimum atomic E-state index is -1.14. The lowest BCUT2D eigenvalue weighted by atomic mass is 10.3. The number of ether oxygens (including phenoxy) is 1. The molecular weight excluding hydrogens is 239 g/mol. The van der Waals surface area contributed by atoms with Crippen LogP contribution in [0.3, 0.4) is 0 Å². The van der Waals surface area contributed by atoms with Crippen molar-refractivity contribution in [1.82, 2.24) is 0 Å². The summed E-state index contributed by atoms with van der Waals surface area (Å²) in [5, 5.41) is 8.72. The molecule has 0 saturated heterocycles. The summed E-state index contributed by atoms with van der Waals surface area (Å²) in [6.45, 7) is 1.69. The fraction of sp³-hybridized carbons (Fsp3) is 0.154. The van der Waals surface area contributed by atoms with Crippen molar-refractivity contribution in [2.45, 2.75) is 13.0 Å². The molecule has 0 spiro atoms. The van der Waals surface area contributed by atoms with E-state index in [1.54, 1.807) is 13.0 Å². The normalized spacial score (nSPS) is 12.1. The SMILES string of the molecule is CC(Oc1cccc(F)c1)c1ccc(C(=O)O)o1. The van der Waals surface area contributed by atoms with E-state index >= 15 is 0 Å². The Hall–Kier alpha value is -2.30. The van der Waals surface area contributed by atoms with Gasteiger partial charge in [-0.05, 0) is 31.2 Å². The number of hydrogen-bond donors (Lipinski definition) is 1. The second-order valence-electron chi connectivity index (χ2n) is 3.72. The van der Waals surface area contributed by atoms with Crippen molar-refractivity contribution in [2.75, 3.05) is 0 Å². The Bertz CT molecular complexity index is 562. The quantitative estimate of drug-likeness (QED) is 0.904. The van der Waals surface area contributed by atoms with Crippen LogP contribution in [-0.4, -0.2) is 11.1 Å². The number of hydrogen-bond acceptors (Lipinski definition) is 3. The molecule has 0 saturated carbocycles. The van der Waals surface area contributed by atoms with Crippen LogP contribution in [0.15, 0.2) is 40.8 Å². The first-order valence-electron chi connectivity index (χ1n) is 5.31. The van der Waals surface area contributed by atoms with Crippen molar-refractivity contribution < 1.29 is 23.4 Å². The molecule has 1 heterocycles. The summed E-state index contributed by atoms with van der Waals surface area (Å²) in [7, 11) is 0. The molecule has 0 amide bonds. The van der Waals surface area contributed by atoms with Crippen LogP contribution in [0, 0.1) is 5.82 Å². The van der Waals surface area contributed by atoms with Gasteiger partial charge in [-0.15, -0.1) is 0 Å². The van der Waals surface area contributed by atoms with Crippen LogP contribution in [0.5, 0.6) is 5.75 Å². The highest BCUT2D eigenvalue weighted by molar-refractivity contribution is 5.84. The lowest BCUT2D eigenvalue weighted by Gasteiger charge is -2.12. The third kappa shape index (κ3) is 2.68. The summed E-state index contributed by atoms with van der Waals surface area (Å²) in [6, 6.07) is 8.57. The molecule has 2 rings (SSSR count). The highest BCUT2D eigenvalue weighted by Gasteiger charge is 2.15. The van der Waals surface area contributed by atoms with Crippen LogP contribution in [0.25, 0.3) is 0 Å². The monoisotopic (exact) mass is 250 g/mol. The van der Waals surface area contributed by atoms with E-state index in [0.717, 1.165) is 0 Å². The zero-order valence-electron chi connectivity index (χ0n) is 9.59. The van der Waals surface area contributed by atoms with E-state index in [0.29, 0.717) is 11.5 Å². The first kappa shape index (κ1) is 12.2. The molecule has 0 aliphatic rings. The van der Waals surface area contributed by atoms with Gasteiger partial charge in [0.05, 0.1) is 0 Å². The Balaban J connectivity index is 2.11. The standard InChI is InChI=1S/C13H11FO4/c1-8(11-5-6-12(18-11)13(15)16)17-10-4-2-3-9(14)7-10/h2-8H,1H3,(H,15,16). The van der Waals surface area contributed by atoms with Gasteiger partial charge in [0.2, 0.25) is 5.76 Å². The van der Waals surface area contributed by atoms with E-state index in [4.69, 9.17) is 14.3 Å². The first-order chi connectivity index (χ1) is 8.56. The summed E-state index contributed by atoms with van der Waals surface area (Å²) in [4.78, 5) is 10.7. The zero-order chi connectivity index (χ0) is 13.1. The molecule has 1 aromatic carbocycles. The van der Waals surface area contributed by atoms with Gasteiger partial charge in [-0.25, -0.2) is 9.18 Å². The lowest BCUT2D eigenvalue weighted by Crippen LogP contribution is -2.02. The molecule has 0 bridgehead atoms.